The van der Waals surface area contributed by atoms with Crippen LogP contribution < -0.4 is 5.48 Å². The van der Waals surface area contributed by atoms with E-state index in [1.807, 2.05) is 0 Å². The fourth-order valence-corrected chi connectivity index (χ4v) is 0.748. The van der Waals surface area contributed by atoms with Gasteiger partial charge in [0.2, 0.25) is 5.91 Å². The lowest BCUT2D eigenvalue weighted by Gasteiger charge is -2.03. The molecular formula is C7H13NO4. The third-order valence-electron chi connectivity index (χ3n) is 1.59. The molecule has 0 aliphatic carbocycles. The summed E-state index contributed by atoms with van der Waals surface area (Å²) in [4.78, 5) is 20.7. The molecule has 12 heavy (non-hydrogen) atoms. The van der Waals surface area contributed by atoms with E-state index in [1.54, 1.807) is 6.92 Å². The highest BCUT2D eigenvalue weighted by Gasteiger charge is 2.10. The third-order valence-corrected chi connectivity index (χ3v) is 1.59. The first-order valence-electron chi connectivity index (χ1n) is 3.73. The number of carbonyl (C=O) groups excluding carboxylic acids is 1. The molecule has 70 valence electrons. The summed E-state index contributed by atoms with van der Waals surface area (Å²) >= 11 is 0. The first-order valence-corrected chi connectivity index (χ1v) is 3.73. The Bertz CT molecular complexity index is 169. The Hall–Kier alpha value is -1.10. The highest BCUT2D eigenvalue weighted by atomic mass is 16.5. The summed E-state index contributed by atoms with van der Waals surface area (Å²) in [5.41, 5.74) is 1.48. The quantitative estimate of drug-likeness (QED) is 0.416. The summed E-state index contributed by atoms with van der Waals surface area (Å²) in [6.45, 7) is 1.58. The number of rotatable bonds is 5. The number of hydroxylamine groups is 1. The van der Waals surface area contributed by atoms with Gasteiger partial charge in [0.25, 0.3) is 0 Å². The van der Waals surface area contributed by atoms with Crippen molar-refractivity contribution in [3.8, 4) is 0 Å². The minimum atomic E-state index is -0.862. The van der Waals surface area contributed by atoms with E-state index in [9.17, 15) is 9.59 Å². The van der Waals surface area contributed by atoms with Crippen LogP contribution in [0.2, 0.25) is 0 Å². The smallest absolute Gasteiger partial charge is 0.306 e. The monoisotopic (exact) mass is 175 g/mol. The second-order valence-corrected chi connectivity index (χ2v) is 2.67. The Kier molecular flexibility index (Phi) is 5.03. The van der Waals surface area contributed by atoms with Crippen molar-refractivity contribution in [2.75, 3.05) is 0 Å². The molecule has 0 rings (SSSR count). The Balaban J connectivity index is 3.43. The van der Waals surface area contributed by atoms with Crippen molar-refractivity contribution in [3.05, 3.63) is 0 Å². The summed E-state index contributed by atoms with van der Waals surface area (Å²) in [5, 5.41) is 16.5. The van der Waals surface area contributed by atoms with Gasteiger partial charge in [-0.15, -0.1) is 0 Å². The Morgan fingerprint density at radius 3 is 2.50 bits per heavy atom. The van der Waals surface area contributed by atoms with Gasteiger partial charge < -0.3 is 5.11 Å². The molecule has 0 radical (unpaired) electrons. The topological polar surface area (TPSA) is 86.6 Å². The van der Waals surface area contributed by atoms with Crippen molar-refractivity contribution in [1.29, 1.82) is 0 Å². The predicted molar refractivity (Wildman–Crippen MR) is 40.6 cm³/mol. The molecule has 0 heterocycles. The van der Waals surface area contributed by atoms with Gasteiger partial charge in [-0.2, -0.15) is 0 Å². The van der Waals surface area contributed by atoms with Gasteiger partial charge in [0.1, 0.15) is 0 Å². The van der Waals surface area contributed by atoms with Crippen LogP contribution in [0.15, 0.2) is 0 Å². The average molecular weight is 175 g/mol. The summed E-state index contributed by atoms with van der Waals surface area (Å²) in [6.07, 6.45) is 1.08. The average Bonchev–Trinajstić information content (AvgIpc) is 2.03. The van der Waals surface area contributed by atoms with Crippen LogP contribution in [0.4, 0.5) is 0 Å². The van der Waals surface area contributed by atoms with Gasteiger partial charge in [-0.25, -0.2) is 5.48 Å². The molecule has 1 amide bonds. The fourth-order valence-electron chi connectivity index (χ4n) is 0.748. The van der Waals surface area contributed by atoms with Gasteiger partial charge in [0, 0.05) is 6.42 Å². The molecule has 0 saturated carbocycles. The van der Waals surface area contributed by atoms with Gasteiger partial charge in [-0.3, -0.25) is 14.8 Å². The van der Waals surface area contributed by atoms with Gasteiger partial charge in [-0.05, 0) is 12.8 Å². The van der Waals surface area contributed by atoms with Crippen LogP contribution in [0.25, 0.3) is 0 Å². The highest BCUT2D eigenvalue weighted by molar-refractivity contribution is 5.74. The van der Waals surface area contributed by atoms with Crippen molar-refractivity contribution < 1.29 is 19.9 Å². The van der Waals surface area contributed by atoms with Crippen molar-refractivity contribution in [2.24, 2.45) is 5.92 Å². The molecule has 0 bridgehead atoms. The molecule has 0 saturated heterocycles. The number of nitrogens with one attached hydrogen (secondary N) is 1. The zero-order valence-corrected chi connectivity index (χ0v) is 6.91. The zero-order chi connectivity index (χ0) is 9.56. The van der Waals surface area contributed by atoms with Crippen molar-refractivity contribution in [1.82, 2.24) is 5.48 Å². The molecule has 3 N–H and O–H groups in total. The molecule has 0 aromatic heterocycles. The van der Waals surface area contributed by atoms with E-state index in [0.29, 0.717) is 12.8 Å². The minimum Gasteiger partial charge on any atom is -0.481 e. The Morgan fingerprint density at radius 2 is 2.08 bits per heavy atom. The molecule has 0 spiro atoms. The predicted octanol–water partition coefficient (Wildman–Crippen LogP) is 0.383. The van der Waals surface area contributed by atoms with E-state index in [-0.39, 0.29) is 6.42 Å². The van der Waals surface area contributed by atoms with Crippen LogP contribution in [0.3, 0.4) is 0 Å². The number of amides is 1. The standard InChI is InChI=1S/C7H13NO4/c1-5(7(10)11)3-2-4-6(9)8-12/h5,12H,2-4H2,1H3,(H,8,9)(H,10,11). The normalized spacial score (nSPS) is 12.2. The van der Waals surface area contributed by atoms with E-state index in [4.69, 9.17) is 10.3 Å². The fraction of sp³-hybridized carbons (Fsp3) is 0.714. The van der Waals surface area contributed by atoms with Crippen LogP contribution in [0.1, 0.15) is 26.2 Å². The molecule has 1 unspecified atom stereocenters. The lowest BCUT2D eigenvalue weighted by molar-refractivity contribution is -0.141. The number of carboxylic acid groups (broad SMARTS) is 1. The molecule has 0 aliphatic rings. The van der Waals surface area contributed by atoms with Crippen LogP contribution in [0, 0.1) is 5.92 Å². The second-order valence-electron chi connectivity index (χ2n) is 2.67. The van der Waals surface area contributed by atoms with E-state index < -0.39 is 17.8 Å². The lowest BCUT2D eigenvalue weighted by Crippen LogP contribution is -2.18. The Labute approximate surface area is 70.3 Å². The van der Waals surface area contributed by atoms with Crippen molar-refractivity contribution >= 4 is 11.9 Å². The van der Waals surface area contributed by atoms with Crippen molar-refractivity contribution in [2.45, 2.75) is 26.2 Å². The van der Waals surface area contributed by atoms with Crippen LogP contribution >= 0.6 is 0 Å². The molecule has 0 aliphatic heterocycles. The summed E-state index contributed by atoms with van der Waals surface area (Å²) in [5.74, 6) is -1.77. The van der Waals surface area contributed by atoms with Crippen LogP contribution in [-0.4, -0.2) is 22.2 Å². The number of hydrogen-bond acceptors (Lipinski definition) is 3. The molecule has 1 atom stereocenters. The van der Waals surface area contributed by atoms with Gasteiger partial charge in [-0.1, -0.05) is 6.92 Å². The van der Waals surface area contributed by atoms with Crippen molar-refractivity contribution in [3.63, 3.8) is 0 Å². The van der Waals surface area contributed by atoms with E-state index >= 15 is 0 Å². The molecular weight excluding hydrogens is 162 g/mol. The molecule has 5 nitrogen and oxygen atoms in total. The zero-order valence-electron chi connectivity index (χ0n) is 6.91. The number of carbonyl (C=O) groups is 2. The summed E-state index contributed by atoms with van der Waals surface area (Å²) in [7, 11) is 0. The molecule has 0 aromatic rings. The summed E-state index contributed by atoms with van der Waals surface area (Å²) < 4.78 is 0. The number of hydrogen-bond donors (Lipinski definition) is 3. The third kappa shape index (κ3) is 4.68. The van der Waals surface area contributed by atoms with Gasteiger partial charge >= 0.3 is 5.97 Å². The second kappa shape index (κ2) is 5.54. The van der Waals surface area contributed by atoms with E-state index in [0.717, 1.165) is 0 Å². The maximum Gasteiger partial charge on any atom is 0.306 e. The van der Waals surface area contributed by atoms with E-state index in [1.165, 1.54) is 5.48 Å². The Morgan fingerprint density at radius 1 is 1.50 bits per heavy atom. The first-order chi connectivity index (χ1) is 5.57. The number of carboxylic acids is 1. The summed E-state index contributed by atoms with van der Waals surface area (Å²) in [6, 6.07) is 0. The first kappa shape index (κ1) is 10.9. The maximum absolute atomic E-state index is 10.5. The minimum absolute atomic E-state index is 0.161. The maximum atomic E-state index is 10.5. The molecule has 0 fully saturated rings. The SMILES string of the molecule is CC(CCCC(=O)NO)C(=O)O. The van der Waals surface area contributed by atoms with Crippen LogP contribution in [0.5, 0.6) is 0 Å². The van der Waals surface area contributed by atoms with Crippen LogP contribution in [-0.2, 0) is 9.59 Å². The highest BCUT2D eigenvalue weighted by Crippen LogP contribution is 2.07. The number of aliphatic carboxylic acids is 1. The van der Waals surface area contributed by atoms with Gasteiger partial charge in [0.15, 0.2) is 0 Å². The van der Waals surface area contributed by atoms with Gasteiger partial charge in [0.05, 0.1) is 5.92 Å². The lowest BCUT2D eigenvalue weighted by atomic mass is 10.0. The molecule has 5 heteroatoms. The molecule has 0 aromatic carbocycles. The largest absolute Gasteiger partial charge is 0.481 e. The van der Waals surface area contributed by atoms with E-state index in [2.05, 4.69) is 0 Å².